The van der Waals surface area contributed by atoms with Crippen LogP contribution >= 0.6 is 0 Å². The van der Waals surface area contributed by atoms with E-state index in [0.29, 0.717) is 5.82 Å². The Kier molecular flexibility index (Phi) is 5.12. The van der Waals surface area contributed by atoms with Crippen molar-refractivity contribution >= 4 is 11.7 Å². The van der Waals surface area contributed by atoms with E-state index in [-0.39, 0.29) is 17.6 Å². The second-order valence-corrected chi connectivity index (χ2v) is 4.70. The molecule has 0 saturated carbocycles. The van der Waals surface area contributed by atoms with Gasteiger partial charge in [0.15, 0.2) is 11.5 Å². The van der Waals surface area contributed by atoms with Crippen LogP contribution in [0.5, 0.6) is 0 Å². The van der Waals surface area contributed by atoms with Gasteiger partial charge in [0.25, 0.3) is 5.91 Å². The highest BCUT2D eigenvalue weighted by molar-refractivity contribution is 5.95. The quantitative estimate of drug-likeness (QED) is 0.837. The second-order valence-electron chi connectivity index (χ2n) is 4.70. The summed E-state index contributed by atoms with van der Waals surface area (Å²) in [5.41, 5.74) is 6.24. The fraction of sp³-hybridized carbons (Fsp3) is 0.750. The number of carbonyl (C=O) groups is 1. The molecule has 0 aliphatic rings. The number of rotatable bonds is 6. The molecule has 0 aliphatic carbocycles. The van der Waals surface area contributed by atoms with Gasteiger partial charge < -0.3 is 10.6 Å². The van der Waals surface area contributed by atoms with Gasteiger partial charge in [-0.25, -0.2) is 4.68 Å². The smallest absolute Gasteiger partial charge is 0.277 e. The first-order valence-electron chi connectivity index (χ1n) is 6.45. The van der Waals surface area contributed by atoms with Gasteiger partial charge in [0.05, 0.1) is 6.04 Å². The number of amides is 1. The number of hydrogen-bond acceptors (Lipinski definition) is 4. The largest absolute Gasteiger partial charge is 0.382 e. The molecular weight excluding hydrogens is 230 g/mol. The van der Waals surface area contributed by atoms with Gasteiger partial charge in [-0.1, -0.05) is 31.9 Å². The van der Waals surface area contributed by atoms with Crippen molar-refractivity contribution in [3.8, 4) is 0 Å². The zero-order valence-corrected chi connectivity index (χ0v) is 11.7. The van der Waals surface area contributed by atoms with Crippen molar-refractivity contribution in [2.45, 2.75) is 45.6 Å². The summed E-state index contributed by atoms with van der Waals surface area (Å²) >= 11 is 0. The number of nitrogens with zero attached hydrogens (tertiary/aromatic N) is 4. The van der Waals surface area contributed by atoms with E-state index in [0.717, 1.165) is 25.7 Å². The minimum Gasteiger partial charge on any atom is -0.382 e. The van der Waals surface area contributed by atoms with Crippen molar-refractivity contribution in [1.29, 1.82) is 0 Å². The molecule has 1 aromatic heterocycles. The summed E-state index contributed by atoms with van der Waals surface area (Å²) in [5.74, 6) is 0.172. The third-order valence-corrected chi connectivity index (χ3v) is 2.93. The minimum atomic E-state index is -0.203. The maximum absolute atomic E-state index is 11.8. The maximum atomic E-state index is 11.8. The van der Waals surface area contributed by atoms with E-state index in [1.165, 1.54) is 4.90 Å². The lowest BCUT2D eigenvalue weighted by Gasteiger charge is -2.16. The summed E-state index contributed by atoms with van der Waals surface area (Å²) < 4.78 is 1.70. The zero-order valence-electron chi connectivity index (χ0n) is 11.7. The number of nitrogen functional groups attached to an aromatic ring is 1. The molecule has 18 heavy (non-hydrogen) atoms. The highest BCUT2D eigenvalue weighted by atomic mass is 16.2. The molecule has 1 heterocycles. The van der Waals surface area contributed by atoms with E-state index in [9.17, 15) is 4.79 Å². The average Bonchev–Trinajstić information content (AvgIpc) is 2.69. The van der Waals surface area contributed by atoms with Crippen molar-refractivity contribution in [2.24, 2.45) is 0 Å². The molecule has 6 nitrogen and oxygen atoms in total. The Morgan fingerprint density at radius 3 is 2.33 bits per heavy atom. The van der Waals surface area contributed by atoms with Gasteiger partial charge in [0.2, 0.25) is 0 Å². The molecule has 1 amide bonds. The summed E-state index contributed by atoms with van der Waals surface area (Å²) in [6, 6.07) is 0.233. The first kappa shape index (κ1) is 14.5. The topological polar surface area (TPSA) is 77.0 Å². The van der Waals surface area contributed by atoms with E-state index in [2.05, 4.69) is 24.2 Å². The number of nitrogens with two attached hydrogens (primary N) is 1. The number of hydrogen-bond donors (Lipinski definition) is 1. The van der Waals surface area contributed by atoms with Crippen LogP contribution in [0.1, 0.15) is 56.1 Å². The second kappa shape index (κ2) is 6.37. The Morgan fingerprint density at radius 1 is 1.33 bits per heavy atom. The number of aromatic nitrogens is 3. The van der Waals surface area contributed by atoms with Crippen molar-refractivity contribution in [3.05, 3.63) is 5.69 Å². The zero-order chi connectivity index (χ0) is 13.7. The van der Waals surface area contributed by atoms with Gasteiger partial charge >= 0.3 is 0 Å². The molecule has 0 fully saturated rings. The number of anilines is 1. The number of carbonyl (C=O) groups excluding carboxylic acids is 1. The van der Waals surface area contributed by atoms with Crippen LogP contribution < -0.4 is 5.73 Å². The Hall–Kier alpha value is -1.59. The standard InChI is InChI=1S/C12H23N5O/c1-5-7-9(8-6-2)17-11(13)10(14-15-17)12(18)16(3)4/h9H,5-8,13H2,1-4H3. The summed E-state index contributed by atoms with van der Waals surface area (Å²) in [6.07, 6.45) is 4.11. The van der Waals surface area contributed by atoms with Crippen LogP contribution in [0.4, 0.5) is 5.82 Å². The van der Waals surface area contributed by atoms with E-state index >= 15 is 0 Å². The van der Waals surface area contributed by atoms with Gasteiger partial charge in [-0.15, -0.1) is 5.10 Å². The lowest BCUT2D eigenvalue weighted by molar-refractivity contribution is 0.0823. The Morgan fingerprint density at radius 2 is 1.89 bits per heavy atom. The van der Waals surface area contributed by atoms with Gasteiger partial charge in [0.1, 0.15) is 0 Å². The molecule has 2 N–H and O–H groups in total. The van der Waals surface area contributed by atoms with Crippen molar-refractivity contribution in [1.82, 2.24) is 19.9 Å². The van der Waals surface area contributed by atoms with Crippen LogP contribution in [-0.4, -0.2) is 39.9 Å². The lowest BCUT2D eigenvalue weighted by atomic mass is 10.1. The molecule has 0 unspecified atom stereocenters. The van der Waals surface area contributed by atoms with Crippen molar-refractivity contribution in [2.75, 3.05) is 19.8 Å². The minimum absolute atomic E-state index is 0.203. The molecule has 6 heteroatoms. The van der Waals surface area contributed by atoms with E-state index in [4.69, 9.17) is 5.73 Å². The van der Waals surface area contributed by atoms with Crippen LogP contribution in [0.15, 0.2) is 0 Å². The van der Waals surface area contributed by atoms with E-state index in [1.54, 1.807) is 18.8 Å². The Bertz CT molecular complexity index is 393. The predicted octanol–water partition coefficient (Wildman–Crippen LogP) is 1.70. The summed E-state index contributed by atoms with van der Waals surface area (Å²) in [4.78, 5) is 13.3. The maximum Gasteiger partial charge on any atom is 0.277 e. The highest BCUT2D eigenvalue weighted by Gasteiger charge is 2.22. The van der Waals surface area contributed by atoms with Gasteiger partial charge in [-0.3, -0.25) is 4.79 Å². The summed E-state index contributed by atoms with van der Waals surface area (Å²) in [7, 11) is 3.35. The molecule has 0 spiro atoms. The third kappa shape index (κ3) is 3.00. The first-order chi connectivity index (χ1) is 8.52. The van der Waals surface area contributed by atoms with Crippen LogP contribution in [0.3, 0.4) is 0 Å². The van der Waals surface area contributed by atoms with Crippen LogP contribution in [0.2, 0.25) is 0 Å². The molecule has 102 valence electrons. The van der Waals surface area contributed by atoms with Crippen molar-refractivity contribution < 1.29 is 4.79 Å². The normalized spacial score (nSPS) is 10.9. The molecule has 0 atom stereocenters. The Labute approximate surface area is 108 Å². The van der Waals surface area contributed by atoms with Gasteiger partial charge in [-0.2, -0.15) is 0 Å². The van der Waals surface area contributed by atoms with E-state index < -0.39 is 0 Å². The predicted molar refractivity (Wildman–Crippen MR) is 71.3 cm³/mol. The third-order valence-electron chi connectivity index (χ3n) is 2.93. The fourth-order valence-electron chi connectivity index (χ4n) is 1.99. The first-order valence-corrected chi connectivity index (χ1v) is 6.45. The highest BCUT2D eigenvalue weighted by Crippen LogP contribution is 2.23. The SMILES string of the molecule is CCCC(CCC)n1nnc(C(=O)N(C)C)c1N. The summed E-state index contributed by atoms with van der Waals surface area (Å²) in [6.45, 7) is 4.25. The molecule has 1 rings (SSSR count). The summed E-state index contributed by atoms with van der Waals surface area (Å²) in [5, 5.41) is 7.97. The molecule has 0 bridgehead atoms. The molecule has 0 radical (unpaired) electrons. The van der Waals surface area contributed by atoms with Crippen LogP contribution in [0, 0.1) is 0 Å². The molecule has 0 saturated heterocycles. The average molecular weight is 253 g/mol. The molecule has 0 aromatic carbocycles. The van der Waals surface area contributed by atoms with E-state index in [1.807, 2.05) is 0 Å². The van der Waals surface area contributed by atoms with Crippen molar-refractivity contribution in [3.63, 3.8) is 0 Å². The van der Waals surface area contributed by atoms with Gasteiger partial charge in [0, 0.05) is 14.1 Å². The monoisotopic (exact) mass is 253 g/mol. The van der Waals surface area contributed by atoms with Crippen LogP contribution in [-0.2, 0) is 0 Å². The molecule has 1 aromatic rings. The van der Waals surface area contributed by atoms with Gasteiger partial charge in [-0.05, 0) is 12.8 Å². The molecule has 0 aliphatic heterocycles. The lowest BCUT2D eigenvalue weighted by Crippen LogP contribution is -2.23. The Balaban J connectivity index is 3.00. The van der Waals surface area contributed by atoms with Crippen LogP contribution in [0.25, 0.3) is 0 Å². The fourth-order valence-corrected chi connectivity index (χ4v) is 1.99. The molecular formula is C12H23N5O.